The van der Waals surface area contributed by atoms with Gasteiger partial charge in [-0.1, -0.05) is 18.2 Å². The van der Waals surface area contributed by atoms with Gasteiger partial charge in [0.25, 0.3) is 5.91 Å². The lowest BCUT2D eigenvalue weighted by molar-refractivity contribution is 0.101. The van der Waals surface area contributed by atoms with Gasteiger partial charge in [0.05, 0.1) is 5.69 Å². The summed E-state index contributed by atoms with van der Waals surface area (Å²) in [5.41, 5.74) is 6.48. The number of anilines is 1. The van der Waals surface area contributed by atoms with Gasteiger partial charge in [-0.2, -0.15) is 0 Å². The summed E-state index contributed by atoms with van der Waals surface area (Å²) in [6.07, 6.45) is 4.01. The molecule has 0 fully saturated rings. The third-order valence-corrected chi connectivity index (χ3v) is 4.72. The number of aryl methyl sites for hydroxylation is 2. The van der Waals surface area contributed by atoms with Gasteiger partial charge in [0.1, 0.15) is 11.3 Å². The van der Waals surface area contributed by atoms with Crippen molar-refractivity contribution in [2.75, 3.05) is 5.32 Å². The van der Waals surface area contributed by atoms with Crippen molar-refractivity contribution in [3.63, 3.8) is 0 Å². The maximum absolute atomic E-state index is 12.4. The smallest absolute Gasteiger partial charge is 0.272 e. The fourth-order valence-corrected chi connectivity index (χ4v) is 3.05. The van der Waals surface area contributed by atoms with E-state index in [0.717, 1.165) is 33.8 Å². The van der Waals surface area contributed by atoms with Crippen LogP contribution in [0.1, 0.15) is 21.7 Å². The summed E-state index contributed by atoms with van der Waals surface area (Å²) in [6, 6.07) is 15.6. The Morgan fingerprint density at radius 1 is 1.04 bits per heavy atom. The first-order chi connectivity index (χ1) is 12.5. The monoisotopic (exact) mass is 344 g/mol. The van der Waals surface area contributed by atoms with Crippen LogP contribution in [0.5, 0.6) is 0 Å². The number of aromatic nitrogens is 3. The highest BCUT2D eigenvalue weighted by Crippen LogP contribution is 2.22. The van der Waals surface area contributed by atoms with Crippen LogP contribution in [0.15, 0.2) is 60.9 Å². The van der Waals surface area contributed by atoms with E-state index < -0.39 is 0 Å². The first-order valence-corrected chi connectivity index (χ1v) is 8.51. The lowest BCUT2D eigenvalue weighted by atomic mass is 10.1. The van der Waals surface area contributed by atoms with Crippen molar-refractivity contribution in [2.45, 2.75) is 13.8 Å². The molecule has 0 aliphatic carbocycles. The average molecular weight is 344 g/mol. The minimum absolute atomic E-state index is 0.114. The molecular weight excluding hydrogens is 324 g/mol. The van der Waals surface area contributed by atoms with Crippen LogP contribution in [-0.2, 0) is 7.05 Å². The number of hydrogen-bond acceptors (Lipinski definition) is 2. The van der Waals surface area contributed by atoms with Crippen LogP contribution in [0.25, 0.3) is 16.9 Å². The van der Waals surface area contributed by atoms with Gasteiger partial charge in [-0.05, 0) is 49.7 Å². The summed E-state index contributed by atoms with van der Waals surface area (Å²) in [5, 5.41) is 2.94. The zero-order valence-electron chi connectivity index (χ0n) is 15.0. The molecule has 0 aliphatic heterocycles. The Bertz CT molecular complexity index is 1100. The third kappa shape index (κ3) is 2.77. The molecule has 0 aliphatic rings. The fraction of sp³-hybridized carbons (Fsp3) is 0.143. The topological polar surface area (TPSA) is 51.3 Å². The summed E-state index contributed by atoms with van der Waals surface area (Å²) in [7, 11) is 1.89. The Morgan fingerprint density at radius 2 is 1.81 bits per heavy atom. The molecule has 0 atom stereocenters. The van der Waals surface area contributed by atoms with Crippen molar-refractivity contribution in [2.24, 2.45) is 7.05 Å². The molecule has 130 valence electrons. The zero-order chi connectivity index (χ0) is 18.3. The number of hydrogen-bond donors (Lipinski definition) is 1. The Morgan fingerprint density at radius 3 is 2.46 bits per heavy atom. The van der Waals surface area contributed by atoms with E-state index in [9.17, 15) is 4.79 Å². The van der Waals surface area contributed by atoms with Gasteiger partial charge < -0.3 is 14.3 Å². The van der Waals surface area contributed by atoms with Crippen molar-refractivity contribution in [1.82, 2.24) is 14.0 Å². The number of benzene rings is 1. The largest absolute Gasteiger partial charge is 0.344 e. The molecule has 1 N–H and O–H groups in total. The van der Waals surface area contributed by atoms with Gasteiger partial charge in [-0.3, -0.25) is 4.79 Å². The molecule has 4 rings (SSSR count). The van der Waals surface area contributed by atoms with Crippen LogP contribution in [0.2, 0.25) is 0 Å². The molecule has 4 aromatic rings. The van der Waals surface area contributed by atoms with Crippen molar-refractivity contribution < 1.29 is 4.79 Å². The molecule has 0 spiro atoms. The molecule has 0 unspecified atom stereocenters. The van der Waals surface area contributed by atoms with Crippen LogP contribution < -0.4 is 5.32 Å². The Labute approximate surface area is 151 Å². The molecule has 3 heterocycles. The minimum atomic E-state index is -0.114. The number of nitrogens with zero attached hydrogens (tertiary/aromatic N) is 3. The number of amides is 1. The van der Waals surface area contributed by atoms with Gasteiger partial charge in [-0.25, -0.2) is 4.98 Å². The summed E-state index contributed by atoms with van der Waals surface area (Å²) in [5.74, 6) is -0.114. The number of pyridine rings is 1. The predicted molar refractivity (Wildman–Crippen MR) is 103 cm³/mol. The number of nitrogens with one attached hydrogen (secondary N) is 1. The number of carbonyl (C=O) groups is 1. The highest BCUT2D eigenvalue weighted by atomic mass is 16.1. The second-order valence-electron chi connectivity index (χ2n) is 6.50. The molecule has 0 bridgehead atoms. The van der Waals surface area contributed by atoms with E-state index in [4.69, 9.17) is 4.98 Å². The molecule has 1 amide bonds. The normalized spacial score (nSPS) is 11.0. The summed E-state index contributed by atoms with van der Waals surface area (Å²) >= 11 is 0. The molecule has 5 nitrogen and oxygen atoms in total. The van der Waals surface area contributed by atoms with E-state index in [1.54, 1.807) is 0 Å². The van der Waals surface area contributed by atoms with E-state index >= 15 is 0 Å². The second kappa shape index (κ2) is 6.19. The first-order valence-electron chi connectivity index (χ1n) is 8.51. The van der Waals surface area contributed by atoms with Gasteiger partial charge in [0, 0.05) is 36.4 Å². The van der Waals surface area contributed by atoms with Crippen LogP contribution in [0.4, 0.5) is 5.69 Å². The zero-order valence-corrected chi connectivity index (χ0v) is 15.0. The predicted octanol–water partition coefficient (Wildman–Crippen LogP) is 4.21. The lowest BCUT2D eigenvalue weighted by Gasteiger charge is -2.07. The second-order valence-corrected chi connectivity index (χ2v) is 6.50. The Kier molecular flexibility index (Phi) is 3.84. The molecule has 0 saturated carbocycles. The summed E-state index contributed by atoms with van der Waals surface area (Å²) in [6.45, 7) is 4.03. The van der Waals surface area contributed by atoms with Gasteiger partial charge in [0.15, 0.2) is 0 Å². The maximum atomic E-state index is 12.4. The van der Waals surface area contributed by atoms with Gasteiger partial charge >= 0.3 is 0 Å². The number of fused-ring (bicyclic) bond motifs is 1. The number of carbonyl (C=O) groups excluding carboxylic acids is 1. The molecule has 5 heteroatoms. The third-order valence-electron chi connectivity index (χ3n) is 4.72. The van der Waals surface area contributed by atoms with Crippen molar-refractivity contribution in [3.8, 4) is 11.3 Å². The van der Waals surface area contributed by atoms with E-state index in [0.29, 0.717) is 5.69 Å². The van der Waals surface area contributed by atoms with Crippen molar-refractivity contribution >= 4 is 17.2 Å². The van der Waals surface area contributed by atoms with Crippen molar-refractivity contribution in [1.29, 1.82) is 0 Å². The first kappa shape index (κ1) is 16.1. The Balaban J connectivity index is 1.57. The molecule has 26 heavy (non-hydrogen) atoms. The lowest BCUT2D eigenvalue weighted by Crippen LogP contribution is -2.15. The SMILES string of the molecule is Cc1cccn2cc(-c3ccc(NC(=O)c4ccc(C)n4C)cc3)nc12. The van der Waals surface area contributed by atoms with E-state index in [1.165, 1.54) is 0 Å². The van der Waals surface area contributed by atoms with Crippen LogP contribution in [0, 0.1) is 13.8 Å². The maximum Gasteiger partial charge on any atom is 0.272 e. The van der Waals surface area contributed by atoms with Crippen LogP contribution in [0.3, 0.4) is 0 Å². The average Bonchev–Trinajstić information content (AvgIpc) is 3.21. The quantitative estimate of drug-likeness (QED) is 0.605. The minimum Gasteiger partial charge on any atom is -0.344 e. The Hall–Kier alpha value is -3.34. The highest BCUT2D eigenvalue weighted by molar-refractivity contribution is 6.03. The molecule has 0 saturated heterocycles. The van der Waals surface area contributed by atoms with Crippen LogP contribution >= 0.6 is 0 Å². The van der Waals surface area contributed by atoms with E-state index in [-0.39, 0.29) is 5.91 Å². The van der Waals surface area contributed by atoms with Gasteiger partial charge in [-0.15, -0.1) is 0 Å². The van der Waals surface area contributed by atoms with E-state index in [1.807, 2.05) is 77.8 Å². The summed E-state index contributed by atoms with van der Waals surface area (Å²) < 4.78 is 3.90. The highest BCUT2D eigenvalue weighted by Gasteiger charge is 2.11. The molecule has 1 aromatic carbocycles. The van der Waals surface area contributed by atoms with Gasteiger partial charge in [0.2, 0.25) is 0 Å². The molecule has 0 radical (unpaired) electrons. The molecular formula is C21H20N4O. The molecule has 3 aromatic heterocycles. The number of rotatable bonds is 3. The van der Waals surface area contributed by atoms with E-state index in [2.05, 4.69) is 18.3 Å². The van der Waals surface area contributed by atoms with Crippen molar-refractivity contribution in [3.05, 3.63) is 77.9 Å². The number of imidazole rings is 1. The summed E-state index contributed by atoms with van der Waals surface area (Å²) in [4.78, 5) is 17.1. The van der Waals surface area contributed by atoms with Crippen LogP contribution in [-0.4, -0.2) is 19.9 Å². The fourth-order valence-electron chi connectivity index (χ4n) is 3.05. The standard InChI is InChI=1S/C21H20N4O/c1-14-5-4-12-25-13-18(23-20(14)25)16-7-9-17(10-8-16)22-21(26)19-11-6-15(2)24(19)3/h4-13H,1-3H3,(H,22,26).